The fraction of sp³-hybridized carbons (Fsp3) is 0.429. The SMILES string of the molecule is O=C(O)c1nn2c(c1S(=O)O)OCCC2. The minimum absolute atomic E-state index is 0.0829. The summed E-state index contributed by atoms with van der Waals surface area (Å²) in [6.45, 7) is 0.891. The van der Waals surface area contributed by atoms with E-state index in [1.54, 1.807) is 0 Å². The molecule has 1 aromatic heterocycles. The number of carboxylic acids is 1. The van der Waals surface area contributed by atoms with Crippen LogP contribution in [0, 0.1) is 0 Å². The topological polar surface area (TPSA) is 102 Å². The zero-order chi connectivity index (χ0) is 11.0. The second kappa shape index (κ2) is 3.63. The molecule has 15 heavy (non-hydrogen) atoms. The first-order valence-corrected chi connectivity index (χ1v) is 5.29. The molecule has 1 aliphatic heterocycles. The van der Waals surface area contributed by atoms with Crippen molar-refractivity contribution in [1.29, 1.82) is 0 Å². The highest BCUT2D eigenvalue weighted by Crippen LogP contribution is 2.28. The molecule has 2 rings (SSSR count). The molecule has 0 fully saturated rings. The van der Waals surface area contributed by atoms with Crippen LogP contribution in [0.5, 0.6) is 5.88 Å². The summed E-state index contributed by atoms with van der Waals surface area (Å²) >= 11 is -2.41. The first-order chi connectivity index (χ1) is 7.11. The summed E-state index contributed by atoms with van der Waals surface area (Å²) in [4.78, 5) is 10.5. The molecule has 1 atom stereocenters. The number of fused-ring (bicyclic) bond motifs is 1. The van der Waals surface area contributed by atoms with Crippen LogP contribution in [0.3, 0.4) is 0 Å². The third-order valence-corrected chi connectivity index (χ3v) is 2.71. The second-order valence-electron chi connectivity index (χ2n) is 2.96. The zero-order valence-corrected chi connectivity index (χ0v) is 8.36. The van der Waals surface area contributed by atoms with E-state index in [0.29, 0.717) is 19.6 Å². The van der Waals surface area contributed by atoms with Crippen molar-refractivity contribution in [3.63, 3.8) is 0 Å². The number of carboxylic acid groups (broad SMARTS) is 1. The smallest absolute Gasteiger partial charge is 0.357 e. The fourth-order valence-corrected chi connectivity index (χ4v) is 2.01. The van der Waals surface area contributed by atoms with Crippen molar-refractivity contribution >= 4 is 17.0 Å². The average molecular weight is 232 g/mol. The highest BCUT2D eigenvalue weighted by atomic mass is 32.2. The van der Waals surface area contributed by atoms with Gasteiger partial charge in [-0.25, -0.2) is 13.7 Å². The Morgan fingerprint density at radius 1 is 1.60 bits per heavy atom. The quantitative estimate of drug-likeness (QED) is 0.693. The minimum atomic E-state index is -2.41. The van der Waals surface area contributed by atoms with Crippen molar-refractivity contribution < 1.29 is 23.4 Å². The molecule has 0 saturated carbocycles. The van der Waals surface area contributed by atoms with Gasteiger partial charge >= 0.3 is 5.97 Å². The molecule has 2 heterocycles. The molecule has 0 saturated heterocycles. The number of carbonyl (C=O) groups is 1. The van der Waals surface area contributed by atoms with Crippen molar-refractivity contribution in [3.8, 4) is 5.88 Å². The molecule has 1 aliphatic rings. The monoisotopic (exact) mass is 232 g/mol. The van der Waals surface area contributed by atoms with Gasteiger partial charge in [-0.2, -0.15) is 5.10 Å². The van der Waals surface area contributed by atoms with Crippen LogP contribution < -0.4 is 4.74 Å². The van der Waals surface area contributed by atoms with Crippen LogP contribution in [-0.2, 0) is 17.6 Å². The maximum absolute atomic E-state index is 11.0. The van der Waals surface area contributed by atoms with Gasteiger partial charge in [-0.3, -0.25) is 0 Å². The lowest BCUT2D eigenvalue weighted by Crippen LogP contribution is -2.15. The number of nitrogens with zero attached hydrogens (tertiary/aromatic N) is 2. The first-order valence-electron chi connectivity index (χ1n) is 4.19. The van der Waals surface area contributed by atoms with E-state index in [1.807, 2.05) is 0 Å². The Morgan fingerprint density at radius 3 is 2.93 bits per heavy atom. The number of hydrogen-bond donors (Lipinski definition) is 2. The van der Waals surface area contributed by atoms with Crippen LogP contribution in [0.1, 0.15) is 16.9 Å². The molecule has 0 aliphatic carbocycles. The van der Waals surface area contributed by atoms with E-state index in [-0.39, 0.29) is 10.8 Å². The van der Waals surface area contributed by atoms with Crippen LogP contribution in [0.25, 0.3) is 0 Å². The lowest BCUT2D eigenvalue weighted by Gasteiger charge is -2.14. The number of aromatic nitrogens is 2. The molecule has 2 N–H and O–H groups in total. The highest BCUT2D eigenvalue weighted by molar-refractivity contribution is 7.79. The van der Waals surface area contributed by atoms with Crippen LogP contribution in [0.2, 0.25) is 0 Å². The average Bonchev–Trinajstić information content (AvgIpc) is 2.56. The van der Waals surface area contributed by atoms with Gasteiger partial charge in [-0.05, 0) is 0 Å². The maximum atomic E-state index is 11.0. The fourth-order valence-electron chi connectivity index (χ4n) is 1.40. The number of aryl methyl sites for hydroxylation is 1. The maximum Gasteiger partial charge on any atom is 0.357 e. The predicted molar refractivity (Wildman–Crippen MR) is 48.3 cm³/mol. The van der Waals surface area contributed by atoms with E-state index in [2.05, 4.69) is 5.10 Å². The standard InChI is InChI=1S/C7H8N2O5S/c10-7(11)4-5(15(12)13)6-9(8-4)2-1-3-14-6/h1-3H2,(H,10,11)(H,12,13). The summed E-state index contributed by atoms with van der Waals surface area (Å²) in [6, 6.07) is 0. The summed E-state index contributed by atoms with van der Waals surface area (Å²) in [7, 11) is 0. The van der Waals surface area contributed by atoms with Crippen LogP contribution >= 0.6 is 0 Å². The van der Waals surface area contributed by atoms with Gasteiger partial charge in [0.25, 0.3) is 0 Å². The van der Waals surface area contributed by atoms with Gasteiger partial charge in [-0.1, -0.05) is 0 Å². The van der Waals surface area contributed by atoms with Crippen molar-refractivity contribution in [2.45, 2.75) is 17.9 Å². The lowest BCUT2D eigenvalue weighted by atomic mass is 10.4. The normalized spacial score (nSPS) is 16.6. The van der Waals surface area contributed by atoms with Crippen molar-refractivity contribution in [3.05, 3.63) is 5.69 Å². The van der Waals surface area contributed by atoms with Gasteiger partial charge in [0.1, 0.15) is 0 Å². The summed E-state index contributed by atoms with van der Waals surface area (Å²) in [6.07, 6.45) is 0.700. The van der Waals surface area contributed by atoms with E-state index in [9.17, 15) is 9.00 Å². The van der Waals surface area contributed by atoms with E-state index in [1.165, 1.54) is 4.68 Å². The molecule has 0 bridgehead atoms. The van der Waals surface area contributed by atoms with Crippen molar-refractivity contribution in [2.24, 2.45) is 0 Å². The minimum Gasteiger partial charge on any atom is -0.477 e. The van der Waals surface area contributed by atoms with E-state index < -0.39 is 22.7 Å². The summed E-state index contributed by atoms with van der Waals surface area (Å²) < 4.78 is 26.4. The summed E-state index contributed by atoms with van der Waals surface area (Å²) in [5.41, 5.74) is -0.423. The van der Waals surface area contributed by atoms with E-state index in [4.69, 9.17) is 14.4 Å². The van der Waals surface area contributed by atoms with Crippen molar-refractivity contribution in [1.82, 2.24) is 9.78 Å². The first kappa shape index (κ1) is 10.1. The summed E-state index contributed by atoms with van der Waals surface area (Å²) in [5.74, 6) is -1.25. The van der Waals surface area contributed by atoms with Crippen LogP contribution in [0.15, 0.2) is 4.90 Å². The Kier molecular flexibility index (Phi) is 2.45. The van der Waals surface area contributed by atoms with Crippen LogP contribution in [0.4, 0.5) is 0 Å². The van der Waals surface area contributed by atoms with Crippen LogP contribution in [-0.4, -0.2) is 36.2 Å². The molecule has 1 unspecified atom stereocenters. The highest BCUT2D eigenvalue weighted by Gasteiger charge is 2.29. The molecule has 7 nitrogen and oxygen atoms in total. The van der Waals surface area contributed by atoms with Gasteiger partial charge in [-0.15, -0.1) is 0 Å². The predicted octanol–water partition coefficient (Wildman–Crippen LogP) is -0.0556. The number of ether oxygens (including phenoxy) is 1. The molecular weight excluding hydrogens is 224 g/mol. The molecule has 0 spiro atoms. The molecule has 82 valence electrons. The zero-order valence-electron chi connectivity index (χ0n) is 7.54. The van der Waals surface area contributed by atoms with Crippen molar-refractivity contribution in [2.75, 3.05) is 6.61 Å². The van der Waals surface area contributed by atoms with Gasteiger partial charge in [0, 0.05) is 13.0 Å². The largest absolute Gasteiger partial charge is 0.477 e. The van der Waals surface area contributed by atoms with E-state index >= 15 is 0 Å². The van der Waals surface area contributed by atoms with Gasteiger partial charge in [0.15, 0.2) is 21.7 Å². The number of rotatable bonds is 2. The second-order valence-corrected chi connectivity index (χ2v) is 3.87. The molecular formula is C7H8N2O5S. The third kappa shape index (κ3) is 1.61. The summed E-state index contributed by atoms with van der Waals surface area (Å²) in [5, 5.41) is 12.5. The molecule has 1 aromatic rings. The third-order valence-electron chi connectivity index (χ3n) is 1.99. The van der Waals surface area contributed by atoms with E-state index in [0.717, 1.165) is 0 Å². The number of aromatic carboxylic acids is 1. The Hall–Kier alpha value is -1.41. The lowest BCUT2D eigenvalue weighted by molar-refractivity contribution is 0.0685. The number of hydrogen-bond acceptors (Lipinski definition) is 4. The Balaban J connectivity index is 2.61. The van der Waals surface area contributed by atoms with Gasteiger partial charge < -0.3 is 14.4 Å². The Bertz CT molecular complexity index is 441. The van der Waals surface area contributed by atoms with Gasteiger partial charge in [0.05, 0.1) is 6.61 Å². The molecule has 0 radical (unpaired) electrons. The Labute approximate surface area is 86.9 Å². The van der Waals surface area contributed by atoms with Gasteiger partial charge in [0.2, 0.25) is 5.88 Å². The molecule has 0 amide bonds. The molecule has 0 aromatic carbocycles. The molecule has 8 heteroatoms. The Morgan fingerprint density at radius 2 is 2.33 bits per heavy atom.